The number of hydrogen-bond donors (Lipinski definition) is 2. The molecule has 0 amide bonds. The van der Waals surface area contributed by atoms with E-state index < -0.39 is 0 Å². The van der Waals surface area contributed by atoms with E-state index in [1.54, 1.807) is 6.20 Å². The van der Waals surface area contributed by atoms with Gasteiger partial charge in [-0.25, -0.2) is 9.98 Å². The summed E-state index contributed by atoms with van der Waals surface area (Å²) in [6, 6.07) is 3.94. The zero-order valence-electron chi connectivity index (χ0n) is 17.0. The molecule has 0 unspecified atom stereocenters. The van der Waals surface area contributed by atoms with Gasteiger partial charge in [-0.05, 0) is 64.7 Å². The second kappa shape index (κ2) is 14.0. The monoisotopic (exact) mass is 489 g/mol. The van der Waals surface area contributed by atoms with Crippen LogP contribution in [0.2, 0.25) is 0 Å². The Morgan fingerprint density at radius 1 is 1.30 bits per heavy atom. The average Bonchev–Trinajstić information content (AvgIpc) is 2.66. The summed E-state index contributed by atoms with van der Waals surface area (Å²) in [4.78, 5) is 11.5. The van der Waals surface area contributed by atoms with E-state index in [4.69, 9.17) is 4.74 Å². The van der Waals surface area contributed by atoms with E-state index in [9.17, 15) is 0 Å². The Morgan fingerprint density at radius 2 is 2.07 bits per heavy atom. The molecule has 2 rings (SSSR count). The van der Waals surface area contributed by atoms with Crippen LogP contribution >= 0.6 is 24.0 Å². The molecular formula is C20H36IN5O. The topological polar surface area (TPSA) is 61.8 Å². The Kier molecular flexibility index (Phi) is 12.4. The van der Waals surface area contributed by atoms with Gasteiger partial charge in [0, 0.05) is 24.8 Å². The van der Waals surface area contributed by atoms with Crippen molar-refractivity contribution in [3.63, 3.8) is 0 Å². The van der Waals surface area contributed by atoms with E-state index in [0.29, 0.717) is 19.0 Å². The van der Waals surface area contributed by atoms with Gasteiger partial charge in [0.1, 0.15) is 0 Å². The number of nitrogens with zero attached hydrogens (tertiary/aromatic N) is 3. The van der Waals surface area contributed by atoms with Crippen LogP contribution in [0.5, 0.6) is 5.88 Å². The number of nitrogens with one attached hydrogen (secondary N) is 2. The van der Waals surface area contributed by atoms with Gasteiger partial charge in [-0.2, -0.15) is 0 Å². The number of halogens is 1. The number of piperidine rings is 1. The zero-order chi connectivity index (χ0) is 18.6. The molecule has 0 aromatic carbocycles. The van der Waals surface area contributed by atoms with E-state index in [1.165, 1.54) is 25.9 Å². The van der Waals surface area contributed by atoms with Gasteiger partial charge in [0.15, 0.2) is 5.96 Å². The highest BCUT2D eigenvalue weighted by atomic mass is 127. The zero-order valence-corrected chi connectivity index (χ0v) is 19.4. The molecule has 1 aromatic heterocycles. The van der Waals surface area contributed by atoms with Crippen molar-refractivity contribution in [2.45, 2.75) is 46.6 Å². The quantitative estimate of drug-likeness (QED) is 0.241. The predicted molar refractivity (Wildman–Crippen MR) is 123 cm³/mol. The number of hydrogen-bond acceptors (Lipinski definition) is 4. The van der Waals surface area contributed by atoms with Crippen molar-refractivity contribution >= 4 is 29.9 Å². The fourth-order valence-electron chi connectivity index (χ4n) is 3.11. The molecule has 6 nitrogen and oxygen atoms in total. The van der Waals surface area contributed by atoms with Crippen molar-refractivity contribution in [2.75, 3.05) is 39.3 Å². The summed E-state index contributed by atoms with van der Waals surface area (Å²) >= 11 is 0. The second-order valence-electron chi connectivity index (χ2n) is 6.90. The minimum Gasteiger partial charge on any atom is -0.478 e. The lowest BCUT2D eigenvalue weighted by atomic mass is 9.99. The molecule has 0 atom stereocenters. The Balaban J connectivity index is 0.00000364. The van der Waals surface area contributed by atoms with E-state index >= 15 is 0 Å². The maximum Gasteiger partial charge on any atom is 0.218 e. The molecule has 0 aliphatic carbocycles. The van der Waals surface area contributed by atoms with Gasteiger partial charge in [0.2, 0.25) is 5.88 Å². The van der Waals surface area contributed by atoms with Crippen molar-refractivity contribution in [3.8, 4) is 5.88 Å². The standard InChI is InChI=1S/C20H35N5O.HI/c1-4-21-20(23-12-7-13-25-14-9-17(3)10-15-25)24-16-18-8-6-11-22-19(18)26-5-2;/h6,8,11,17H,4-5,7,9-10,12-16H2,1-3H3,(H2,21,23,24);1H. The summed E-state index contributed by atoms with van der Waals surface area (Å²) in [5.74, 6) is 2.42. The first-order valence-corrected chi connectivity index (χ1v) is 10.0. The number of pyridine rings is 1. The van der Waals surface area contributed by atoms with E-state index in [0.717, 1.165) is 43.5 Å². The van der Waals surface area contributed by atoms with Crippen LogP contribution in [0.25, 0.3) is 0 Å². The van der Waals surface area contributed by atoms with Crippen molar-refractivity contribution in [1.82, 2.24) is 20.5 Å². The SMILES string of the molecule is CCNC(=NCc1cccnc1OCC)NCCCN1CCC(C)CC1.I. The van der Waals surface area contributed by atoms with Crippen LogP contribution in [0.15, 0.2) is 23.3 Å². The molecule has 2 N–H and O–H groups in total. The summed E-state index contributed by atoms with van der Waals surface area (Å²) in [5, 5.41) is 6.75. The minimum atomic E-state index is 0. The lowest BCUT2D eigenvalue weighted by molar-refractivity contribution is 0.191. The number of likely N-dealkylation sites (tertiary alicyclic amines) is 1. The number of aliphatic imine (C=N–C) groups is 1. The lowest BCUT2D eigenvalue weighted by Gasteiger charge is -2.30. The highest BCUT2D eigenvalue weighted by molar-refractivity contribution is 14.0. The van der Waals surface area contributed by atoms with Gasteiger partial charge in [0.25, 0.3) is 0 Å². The first-order valence-electron chi connectivity index (χ1n) is 10.0. The summed E-state index contributed by atoms with van der Waals surface area (Å²) in [5.41, 5.74) is 1.01. The highest BCUT2D eigenvalue weighted by Gasteiger charge is 2.14. The van der Waals surface area contributed by atoms with Gasteiger partial charge in [0.05, 0.1) is 13.2 Å². The highest BCUT2D eigenvalue weighted by Crippen LogP contribution is 2.16. The Labute approximate surface area is 181 Å². The Hall–Kier alpha value is -1.09. The third-order valence-electron chi connectivity index (χ3n) is 4.70. The molecule has 1 aromatic rings. The van der Waals surface area contributed by atoms with Crippen molar-refractivity contribution in [3.05, 3.63) is 23.9 Å². The van der Waals surface area contributed by atoms with Crippen LogP contribution in [0.1, 0.15) is 45.6 Å². The molecule has 1 saturated heterocycles. The Bertz CT molecular complexity index is 547. The molecule has 1 aliphatic heterocycles. The molecule has 0 bridgehead atoms. The number of ether oxygens (including phenoxy) is 1. The maximum absolute atomic E-state index is 5.58. The van der Waals surface area contributed by atoms with E-state index in [-0.39, 0.29) is 24.0 Å². The number of rotatable bonds is 9. The minimum absolute atomic E-state index is 0. The molecule has 7 heteroatoms. The predicted octanol–water partition coefficient (Wildman–Crippen LogP) is 3.28. The Morgan fingerprint density at radius 3 is 2.78 bits per heavy atom. The largest absolute Gasteiger partial charge is 0.478 e. The summed E-state index contributed by atoms with van der Waals surface area (Å²) in [7, 11) is 0. The number of aromatic nitrogens is 1. The first-order chi connectivity index (χ1) is 12.7. The van der Waals surface area contributed by atoms with Crippen molar-refractivity contribution in [2.24, 2.45) is 10.9 Å². The van der Waals surface area contributed by atoms with E-state index in [1.807, 2.05) is 19.1 Å². The van der Waals surface area contributed by atoms with Gasteiger partial charge in [-0.15, -0.1) is 24.0 Å². The van der Waals surface area contributed by atoms with Crippen LogP contribution in [0.4, 0.5) is 0 Å². The normalized spacial score (nSPS) is 15.9. The van der Waals surface area contributed by atoms with Gasteiger partial charge >= 0.3 is 0 Å². The van der Waals surface area contributed by atoms with Gasteiger partial charge in [-0.3, -0.25) is 0 Å². The summed E-state index contributed by atoms with van der Waals surface area (Å²) in [6.45, 7) is 13.0. The van der Waals surface area contributed by atoms with Gasteiger partial charge < -0.3 is 20.3 Å². The van der Waals surface area contributed by atoms with Crippen LogP contribution in [0, 0.1) is 5.92 Å². The smallest absolute Gasteiger partial charge is 0.218 e. The molecule has 27 heavy (non-hydrogen) atoms. The fourth-order valence-corrected chi connectivity index (χ4v) is 3.11. The van der Waals surface area contributed by atoms with Crippen molar-refractivity contribution in [1.29, 1.82) is 0 Å². The van der Waals surface area contributed by atoms with Crippen LogP contribution in [-0.2, 0) is 6.54 Å². The molecule has 0 spiro atoms. The third-order valence-corrected chi connectivity index (χ3v) is 4.70. The van der Waals surface area contributed by atoms with Crippen molar-refractivity contribution < 1.29 is 4.74 Å². The van der Waals surface area contributed by atoms with Crippen LogP contribution in [0.3, 0.4) is 0 Å². The molecule has 0 saturated carbocycles. The molecule has 1 fully saturated rings. The third kappa shape index (κ3) is 9.10. The average molecular weight is 489 g/mol. The molecule has 154 valence electrons. The molecular weight excluding hydrogens is 453 g/mol. The van der Waals surface area contributed by atoms with Crippen LogP contribution < -0.4 is 15.4 Å². The fraction of sp³-hybridized carbons (Fsp3) is 0.700. The van der Waals surface area contributed by atoms with Crippen LogP contribution in [-0.4, -0.2) is 55.2 Å². The van der Waals surface area contributed by atoms with Gasteiger partial charge in [-0.1, -0.05) is 13.0 Å². The van der Waals surface area contributed by atoms with E-state index in [2.05, 4.69) is 39.4 Å². The molecule has 0 radical (unpaired) electrons. The summed E-state index contributed by atoms with van der Waals surface area (Å²) < 4.78 is 5.58. The first kappa shape index (κ1) is 23.9. The lowest BCUT2D eigenvalue weighted by Crippen LogP contribution is -2.39. The number of guanidine groups is 1. The molecule has 1 aliphatic rings. The second-order valence-corrected chi connectivity index (χ2v) is 6.90. The molecule has 2 heterocycles. The summed E-state index contributed by atoms with van der Waals surface area (Å²) in [6.07, 6.45) is 5.56. The maximum atomic E-state index is 5.58.